The van der Waals surface area contributed by atoms with Gasteiger partial charge in [0.2, 0.25) is 0 Å². The zero-order valence-corrected chi connectivity index (χ0v) is 12.3. The van der Waals surface area contributed by atoms with Crippen LogP contribution in [0.5, 0.6) is 0 Å². The van der Waals surface area contributed by atoms with E-state index in [1.54, 1.807) is 11.3 Å². The van der Waals surface area contributed by atoms with Gasteiger partial charge in [0.1, 0.15) is 5.82 Å². The Labute approximate surface area is 116 Å². The molecule has 96 valence electrons. The minimum atomic E-state index is 0.503. The molecule has 2 heterocycles. The summed E-state index contributed by atoms with van der Waals surface area (Å²) >= 11 is 7.48. The number of hydrogen-bond donors (Lipinski definition) is 0. The lowest BCUT2D eigenvalue weighted by molar-refractivity contribution is 0.863. The van der Waals surface area contributed by atoms with Gasteiger partial charge in [0.15, 0.2) is 0 Å². The van der Waals surface area contributed by atoms with Crippen molar-refractivity contribution >= 4 is 28.8 Å². The molecule has 0 bridgehead atoms. The second-order valence-corrected chi connectivity index (χ2v) is 5.66. The summed E-state index contributed by atoms with van der Waals surface area (Å²) in [6.07, 6.45) is 1.83. The molecule has 0 aliphatic carbocycles. The van der Waals surface area contributed by atoms with Gasteiger partial charge in [0.05, 0.1) is 17.2 Å². The zero-order chi connectivity index (χ0) is 13.1. The number of thiazole rings is 1. The van der Waals surface area contributed by atoms with E-state index < -0.39 is 0 Å². The Morgan fingerprint density at radius 1 is 1.39 bits per heavy atom. The number of aromatic nitrogens is 2. The third-order valence-electron chi connectivity index (χ3n) is 2.69. The van der Waals surface area contributed by atoms with Crippen LogP contribution in [0.4, 0.5) is 5.82 Å². The number of hydrogen-bond acceptors (Lipinski definition) is 4. The van der Waals surface area contributed by atoms with Crippen molar-refractivity contribution in [1.29, 1.82) is 0 Å². The first-order valence-corrected chi connectivity index (χ1v) is 7.15. The predicted octanol–water partition coefficient (Wildman–Crippen LogP) is 3.53. The van der Waals surface area contributed by atoms with Crippen LogP contribution < -0.4 is 4.90 Å². The molecule has 0 saturated carbocycles. The fraction of sp³-hybridized carbons (Fsp3) is 0.385. The second-order valence-electron chi connectivity index (χ2n) is 4.33. The first kappa shape index (κ1) is 13.3. The number of rotatable bonds is 4. The Balaban J connectivity index is 2.15. The van der Waals surface area contributed by atoms with Gasteiger partial charge in [-0.3, -0.25) is 0 Å². The Hall–Kier alpha value is -1.13. The quantitative estimate of drug-likeness (QED) is 0.803. The summed E-state index contributed by atoms with van der Waals surface area (Å²) in [5.74, 6) is 1.48. The average molecular weight is 282 g/mol. The Morgan fingerprint density at radius 2 is 2.17 bits per heavy atom. The number of alkyl halides is 1. The molecule has 2 aromatic rings. The molecule has 0 amide bonds. The van der Waals surface area contributed by atoms with Crippen molar-refractivity contribution < 1.29 is 0 Å². The third-order valence-corrected chi connectivity index (χ3v) is 3.82. The smallest absolute Gasteiger partial charge is 0.131 e. The molecule has 0 aliphatic rings. The van der Waals surface area contributed by atoms with Gasteiger partial charge >= 0.3 is 0 Å². The van der Waals surface area contributed by atoms with Gasteiger partial charge in [0, 0.05) is 24.5 Å². The lowest BCUT2D eigenvalue weighted by Gasteiger charge is -2.19. The number of anilines is 1. The third kappa shape index (κ3) is 3.00. The molecule has 0 atom stereocenters. The number of aryl methyl sites for hydroxylation is 2. The zero-order valence-electron chi connectivity index (χ0n) is 10.8. The molecule has 0 radical (unpaired) electrons. The van der Waals surface area contributed by atoms with Crippen molar-refractivity contribution in [2.24, 2.45) is 0 Å². The molecule has 0 unspecified atom stereocenters. The molecule has 0 aromatic carbocycles. The van der Waals surface area contributed by atoms with Crippen LogP contribution in [0.25, 0.3) is 0 Å². The summed E-state index contributed by atoms with van der Waals surface area (Å²) in [5, 5.41) is 3.19. The summed E-state index contributed by atoms with van der Waals surface area (Å²) in [6, 6.07) is 2.08. The van der Waals surface area contributed by atoms with Crippen molar-refractivity contribution in [3.05, 3.63) is 39.5 Å². The molecular weight excluding hydrogens is 266 g/mol. The minimum absolute atomic E-state index is 0.503. The molecule has 2 rings (SSSR count). The first-order valence-electron chi connectivity index (χ1n) is 5.73. The summed E-state index contributed by atoms with van der Waals surface area (Å²) < 4.78 is 0. The van der Waals surface area contributed by atoms with Gasteiger partial charge in [-0.1, -0.05) is 0 Å². The van der Waals surface area contributed by atoms with Gasteiger partial charge in [0.25, 0.3) is 0 Å². The van der Waals surface area contributed by atoms with E-state index in [0.29, 0.717) is 5.88 Å². The molecule has 0 N–H and O–H groups in total. The maximum Gasteiger partial charge on any atom is 0.131 e. The highest BCUT2D eigenvalue weighted by Gasteiger charge is 2.09. The maximum atomic E-state index is 5.80. The highest BCUT2D eigenvalue weighted by atomic mass is 35.5. The molecule has 2 aromatic heterocycles. The van der Waals surface area contributed by atoms with Crippen LogP contribution in [0.1, 0.15) is 21.8 Å². The number of nitrogens with zero attached hydrogens (tertiary/aromatic N) is 3. The summed E-state index contributed by atoms with van der Waals surface area (Å²) in [6.45, 7) is 4.85. The van der Waals surface area contributed by atoms with E-state index in [-0.39, 0.29) is 0 Å². The van der Waals surface area contributed by atoms with Gasteiger partial charge in [-0.05, 0) is 31.0 Å². The molecule has 3 nitrogen and oxygen atoms in total. The molecule has 0 saturated heterocycles. The summed E-state index contributed by atoms with van der Waals surface area (Å²) in [7, 11) is 2.03. The SMILES string of the molecule is Cc1nc(CN(C)c2ncc(CCl)cc2C)cs1. The number of pyridine rings is 1. The van der Waals surface area contributed by atoms with Crippen molar-refractivity contribution in [2.45, 2.75) is 26.3 Å². The van der Waals surface area contributed by atoms with Crippen molar-refractivity contribution in [1.82, 2.24) is 9.97 Å². The Bertz CT molecular complexity index is 539. The van der Waals surface area contributed by atoms with Crippen LogP contribution in [0.2, 0.25) is 0 Å². The molecule has 0 spiro atoms. The standard InChI is InChI=1S/C13H16ClN3S/c1-9-4-11(5-14)6-15-13(9)17(3)7-12-8-18-10(2)16-12/h4,6,8H,5,7H2,1-3H3. The van der Waals surface area contributed by atoms with Gasteiger partial charge in [-0.25, -0.2) is 9.97 Å². The topological polar surface area (TPSA) is 29.0 Å². The monoisotopic (exact) mass is 281 g/mol. The fourth-order valence-corrected chi connectivity index (χ4v) is 2.65. The van der Waals surface area contributed by atoms with Crippen LogP contribution in [0.3, 0.4) is 0 Å². The van der Waals surface area contributed by atoms with Crippen LogP contribution in [-0.2, 0) is 12.4 Å². The van der Waals surface area contributed by atoms with Crippen LogP contribution in [-0.4, -0.2) is 17.0 Å². The van der Waals surface area contributed by atoms with Gasteiger partial charge in [-0.2, -0.15) is 0 Å². The normalized spacial score (nSPS) is 10.7. The maximum absolute atomic E-state index is 5.80. The Morgan fingerprint density at radius 3 is 2.72 bits per heavy atom. The van der Waals surface area contributed by atoms with E-state index in [2.05, 4.69) is 33.2 Å². The lowest BCUT2D eigenvalue weighted by atomic mass is 10.2. The average Bonchev–Trinajstić information content (AvgIpc) is 2.74. The molecule has 5 heteroatoms. The lowest BCUT2D eigenvalue weighted by Crippen LogP contribution is -2.19. The van der Waals surface area contributed by atoms with E-state index in [9.17, 15) is 0 Å². The van der Waals surface area contributed by atoms with Crippen LogP contribution in [0, 0.1) is 13.8 Å². The van der Waals surface area contributed by atoms with Crippen molar-refractivity contribution in [3.8, 4) is 0 Å². The highest BCUT2D eigenvalue weighted by molar-refractivity contribution is 7.09. The highest BCUT2D eigenvalue weighted by Crippen LogP contribution is 2.20. The molecule has 0 fully saturated rings. The van der Waals surface area contributed by atoms with Crippen LogP contribution in [0.15, 0.2) is 17.6 Å². The Kier molecular flexibility index (Phi) is 4.19. The largest absolute Gasteiger partial charge is 0.354 e. The minimum Gasteiger partial charge on any atom is -0.354 e. The van der Waals surface area contributed by atoms with E-state index >= 15 is 0 Å². The van der Waals surface area contributed by atoms with Gasteiger partial charge in [-0.15, -0.1) is 22.9 Å². The molecule has 18 heavy (non-hydrogen) atoms. The van der Waals surface area contributed by atoms with Crippen LogP contribution >= 0.6 is 22.9 Å². The predicted molar refractivity (Wildman–Crippen MR) is 77.5 cm³/mol. The number of halogens is 1. The summed E-state index contributed by atoms with van der Waals surface area (Å²) in [4.78, 5) is 11.0. The van der Waals surface area contributed by atoms with Crippen molar-refractivity contribution in [2.75, 3.05) is 11.9 Å². The van der Waals surface area contributed by atoms with Gasteiger partial charge < -0.3 is 4.90 Å². The molecule has 0 aliphatic heterocycles. The molecular formula is C13H16ClN3S. The first-order chi connectivity index (χ1) is 8.60. The van der Waals surface area contributed by atoms with E-state index in [1.807, 2.05) is 20.2 Å². The van der Waals surface area contributed by atoms with E-state index in [4.69, 9.17) is 11.6 Å². The fourth-order valence-electron chi connectivity index (χ4n) is 1.90. The van der Waals surface area contributed by atoms with E-state index in [1.165, 1.54) is 0 Å². The van der Waals surface area contributed by atoms with Crippen molar-refractivity contribution in [3.63, 3.8) is 0 Å². The van der Waals surface area contributed by atoms with E-state index in [0.717, 1.165) is 34.2 Å². The second kappa shape index (κ2) is 5.67. The summed E-state index contributed by atoms with van der Waals surface area (Å²) in [5.41, 5.74) is 3.28.